The molecule has 78 valence electrons. The lowest BCUT2D eigenvalue weighted by atomic mass is 10.2. The van der Waals surface area contributed by atoms with E-state index in [0.29, 0.717) is 0 Å². The van der Waals surface area contributed by atoms with Crippen molar-refractivity contribution in [2.75, 3.05) is 13.7 Å². The second kappa shape index (κ2) is 4.57. The monoisotopic (exact) mass is 213 g/mol. The summed E-state index contributed by atoms with van der Waals surface area (Å²) in [5.74, 6) is -0.0148. The summed E-state index contributed by atoms with van der Waals surface area (Å²) >= 11 is 1.44. The summed E-state index contributed by atoms with van der Waals surface area (Å²) in [6.45, 7) is 3.73. The Bertz CT molecular complexity index is 322. The maximum atomic E-state index is 11.9. The first-order valence-corrected chi connectivity index (χ1v) is 5.38. The highest BCUT2D eigenvalue weighted by Crippen LogP contribution is 2.18. The van der Waals surface area contributed by atoms with Gasteiger partial charge >= 0.3 is 0 Å². The van der Waals surface area contributed by atoms with E-state index in [1.807, 2.05) is 25.3 Å². The molecule has 1 heterocycles. The third-order valence-corrected chi connectivity index (χ3v) is 3.31. The number of carbonyl (C=O) groups is 1. The summed E-state index contributed by atoms with van der Waals surface area (Å²) in [4.78, 5) is 14.2. The highest BCUT2D eigenvalue weighted by Gasteiger charge is 2.19. The van der Waals surface area contributed by atoms with Crippen LogP contribution in [-0.4, -0.2) is 35.6 Å². The molecule has 0 aliphatic rings. The van der Waals surface area contributed by atoms with Crippen LogP contribution in [0.2, 0.25) is 0 Å². The maximum Gasteiger partial charge on any atom is 0.264 e. The Labute approximate surface area is 88.0 Å². The normalized spacial score (nSPS) is 12.6. The minimum atomic E-state index is -0.135. The number of aryl methyl sites for hydroxylation is 1. The Kier molecular flexibility index (Phi) is 3.66. The van der Waals surface area contributed by atoms with Crippen molar-refractivity contribution in [1.82, 2.24) is 4.90 Å². The molecule has 4 heteroatoms. The number of hydrogen-bond donors (Lipinski definition) is 1. The van der Waals surface area contributed by atoms with Gasteiger partial charge in [0.2, 0.25) is 0 Å². The van der Waals surface area contributed by atoms with Crippen molar-refractivity contribution in [2.24, 2.45) is 0 Å². The number of likely N-dealkylation sites (N-methyl/N-ethyl adjacent to an activating group) is 1. The van der Waals surface area contributed by atoms with Crippen LogP contribution in [0.15, 0.2) is 11.4 Å². The van der Waals surface area contributed by atoms with E-state index >= 15 is 0 Å². The lowest BCUT2D eigenvalue weighted by Gasteiger charge is -2.22. The standard InChI is InChI=1S/C10H15NO2S/c1-7-4-5-14-9(7)10(13)11(3)8(2)6-12/h4-5,8,12H,6H2,1-3H3. The van der Waals surface area contributed by atoms with E-state index in [2.05, 4.69) is 0 Å². The third kappa shape index (κ3) is 2.13. The summed E-state index contributed by atoms with van der Waals surface area (Å²) in [5.41, 5.74) is 0.997. The fourth-order valence-corrected chi connectivity index (χ4v) is 1.98. The highest BCUT2D eigenvalue weighted by molar-refractivity contribution is 7.12. The molecule has 1 amide bonds. The van der Waals surface area contributed by atoms with Gasteiger partial charge in [-0.3, -0.25) is 4.79 Å². The SMILES string of the molecule is Cc1ccsc1C(=O)N(C)C(C)CO. The van der Waals surface area contributed by atoms with Crippen molar-refractivity contribution in [3.05, 3.63) is 21.9 Å². The Hall–Kier alpha value is -0.870. The molecule has 0 saturated carbocycles. The highest BCUT2D eigenvalue weighted by atomic mass is 32.1. The maximum absolute atomic E-state index is 11.9. The average Bonchev–Trinajstić information content (AvgIpc) is 2.61. The Morgan fingerprint density at radius 2 is 2.36 bits per heavy atom. The molecule has 0 aliphatic carbocycles. The Balaban J connectivity index is 2.81. The van der Waals surface area contributed by atoms with Crippen molar-refractivity contribution >= 4 is 17.2 Å². The van der Waals surface area contributed by atoms with E-state index in [4.69, 9.17) is 5.11 Å². The van der Waals surface area contributed by atoms with Crippen molar-refractivity contribution < 1.29 is 9.90 Å². The van der Waals surface area contributed by atoms with Crippen molar-refractivity contribution in [3.8, 4) is 0 Å². The molecule has 0 saturated heterocycles. The van der Waals surface area contributed by atoms with Crippen LogP contribution in [0.5, 0.6) is 0 Å². The number of nitrogens with zero attached hydrogens (tertiary/aromatic N) is 1. The number of carbonyl (C=O) groups excluding carboxylic acids is 1. The van der Waals surface area contributed by atoms with Gasteiger partial charge in [-0.05, 0) is 30.9 Å². The van der Waals surface area contributed by atoms with Crippen LogP contribution in [-0.2, 0) is 0 Å². The fourth-order valence-electron chi connectivity index (χ4n) is 1.07. The number of amides is 1. The quantitative estimate of drug-likeness (QED) is 0.826. The van der Waals surface area contributed by atoms with Gasteiger partial charge in [0.1, 0.15) is 0 Å². The molecule has 0 fully saturated rings. The first-order valence-electron chi connectivity index (χ1n) is 4.50. The molecular formula is C10H15NO2S. The van der Waals surface area contributed by atoms with E-state index in [-0.39, 0.29) is 18.6 Å². The summed E-state index contributed by atoms with van der Waals surface area (Å²) in [7, 11) is 1.71. The zero-order valence-corrected chi connectivity index (χ0v) is 9.47. The second-order valence-electron chi connectivity index (χ2n) is 3.38. The van der Waals surface area contributed by atoms with Gasteiger partial charge in [-0.2, -0.15) is 0 Å². The van der Waals surface area contributed by atoms with Gasteiger partial charge in [0.25, 0.3) is 5.91 Å². The van der Waals surface area contributed by atoms with Gasteiger partial charge in [0.15, 0.2) is 0 Å². The Morgan fingerprint density at radius 1 is 1.71 bits per heavy atom. The van der Waals surface area contributed by atoms with Crippen LogP contribution in [0.1, 0.15) is 22.2 Å². The van der Waals surface area contributed by atoms with Gasteiger partial charge in [0, 0.05) is 7.05 Å². The first-order chi connectivity index (χ1) is 6.57. The van der Waals surface area contributed by atoms with Crippen LogP contribution in [0, 0.1) is 6.92 Å². The van der Waals surface area contributed by atoms with Gasteiger partial charge in [-0.1, -0.05) is 0 Å². The number of rotatable bonds is 3. The van der Waals surface area contributed by atoms with Crippen LogP contribution in [0.4, 0.5) is 0 Å². The zero-order valence-electron chi connectivity index (χ0n) is 8.65. The molecular weight excluding hydrogens is 198 g/mol. The lowest BCUT2D eigenvalue weighted by Crippen LogP contribution is -2.37. The van der Waals surface area contributed by atoms with Gasteiger partial charge in [-0.15, -0.1) is 11.3 Å². The van der Waals surface area contributed by atoms with Gasteiger partial charge in [0.05, 0.1) is 17.5 Å². The molecule has 1 unspecified atom stereocenters. The van der Waals surface area contributed by atoms with Crippen LogP contribution >= 0.6 is 11.3 Å². The zero-order chi connectivity index (χ0) is 10.7. The fraction of sp³-hybridized carbons (Fsp3) is 0.500. The van der Waals surface area contributed by atoms with Gasteiger partial charge < -0.3 is 10.0 Å². The summed E-state index contributed by atoms with van der Waals surface area (Å²) < 4.78 is 0. The molecule has 1 rings (SSSR count). The second-order valence-corrected chi connectivity index (χ2v) is 4.30. The van der Waals surface area contributed by atoms with Crippen molar-refractivity contribution in [1.29, 1.82) is 0 Å². The van der Waals surface area contributed by atoms with Crippen LogP contribution < -0.4 is 0 Å². The smallest absolute Gasteiger partial charge is 0.264 e. The molecule has 1 N–H and O–H groups in total. The van der Waals surface area contributed by atoms with E-state index in [1.54, 1.807) is 11.9 Å². The van der Waals surface area contributed by atoms with E-state index in [9.17, 15) is 4.79 Å². The molecule has 0 radical (unpaired) electrons. The number of thiophene rings is 1. The van der Waals surface area contributed by atoms with E-state index in [0.717, 1.165) is 10.4 Å². The predicted octanol–water partition coefficient (Wildman–Crippen LogP) is 1.51. The molecule has 14 heavy (non-hydrogen) atoms. The van der Waals surface area contributed by atoms with Gasteiger partial charge in [-0.25, -0.2) is 0 Å². The predicted molar refractivity (Wildman–Crippen MR) is 57.7 cm³/mol. The van der Waals surface area contributed by atoms with Crippen LogP contribution in [0.25, 0.3) is 0 Å². The minimum absolute atomic E-state index is 0.00728. The lowest BCUT2D eigenvalue weighted by molar-refractivity contribution is 0.0686. The number of aliphatic hydroxyl groups excluding tert-OH is 1. The van der Waals surface area contributed by atoms with Crippen LogP contribution in [0.3, 0.4) is 0 Å². The molecule has 0 spiro atoms. The minimum Gasteiger partial charge on any atom is -0.394 e. The molecule has 3 nitrogen and oxygen atoms in total. The Morgan fingerprint density at radius 3 is 2.79 bits per heavy atom. The summed E-state index contributed by atoms with van der Waals surface area (Å²) in [5, 5.41) is 10.8. The molecule has 1 aromatic heterocycles. The molecule has 1 atom stereocenters. The summed E-state index contributed by atoms with van der Waals surface area (Å²) in [6.07, 6.45) is 0. The third-order valence-electron chi connectivity index (χ3n) is 2.30. The number of aliphatic hydroxyl groups is 1. The van der Waals surface area contributed by atoms with Crippen molar-refractivity contribution in [3.63, 3.8) is 0 Å². The largest absolute Gasteiger partial charge is 0.394 e. The summed E-state index contributed by atoms with van der Waals surface area (Å²) in [6, 6.07) is 1.79. The topological polar surface area (TPSA) is 40.5 Å². The molecule has 0 aliphatic heterocycles. The molecule has 0 aromatic carbocycles. The van der Waals surface area contributed by atoms with E-state index in [1.165, 1.54) is 11.3 Å². The molecule has 0 bridgehead atoms. The van der Waals surface area contributed by atoms with Crippen molar-refractivity contribution in [2.45, 2.75) is 19.9 Å². The average molecular weight is 213 g/mol. The van der Waals surface area contributed by atoms with E-state index < -0.39 is 0 Å². The first kappa shape index (κ1) is 11.2. The molecule has 1 aromatic rings. The number of hydrogen-bond acceptors (Lipinski definition) is 3.